The number of hydrogen-bond acceptors (Lipinski definition) is 4. The molecule has 0 aliphatic rings. The second kappa shape index (κ2) is 11.8. The molecule has 1 rings (SSSR count). The third-order valence-corrected chi connectivity index (χ3v) is 3.61. The number of benzene rings is 1. The largest absolute Gasteiger partial charge is 0.760 e. The van der Waals surface area contributed by atoms with Crippen molar-refractivity contribution in [3.8, 4) is 12.1 Å². The Morgan fingerprint density at radius 3 is 1.86 bits per heavy atom. The fourth-order valence-electron chi connectivity index (χ4n) is 1.60. The van der Waals surface area contributed by atoms with Gasteiger partial charge in [0.15, 0.2) is 0 Å². The summed E-state index contributed by atoms with van der Waals surface area (Å²) in [6, 6.07) is 10.2. The Bertz CT molecular complexity index is 529. The molecule has 0 aliphatic carbocycles. The zero-order valence-corrected chi connectivity index (χ0v) is 14.7. The van der Waals surface area contributed by atoms with Gasteiger partial charge in [-0.05, 0) is 45.0 Å². The minimum Gasteiger partial charge on any atom is -0.760 e. The maximum Gasteiger partial charge on any atom is 0.126 e. The number of allylic oxidation sites excluding steroid dienone is 1. The number of nitrogens with one attached hydrogen (secondary N) is 2. The number of nitriles is 2. The van der Waals surface area contributed by atoms with E-state index in [-0.39, 0.29) is 10.6 Å². The molecule has 4 nitrogen and oxygen atoms in total. The summed E-state index contributed by atoms with van der Waals surface area (Å²) in [6.45, 7) is 10.5. The van der Waals surface area contributed by atoms with Crippen LogP contribution in [0.15, 0.2) is 34.9 Å². The van der Waals surface area contributed by atoms with E-state index in [1.54, 1.807) is 41.3 Å². The highest BCUT2D eigenvalue weighted by molar-refractivity contribution is 7.63. The van der Waals surface area contributed by atoms with Gasteiger partial charge in [-0.15, -0.1) is 0 Å². The molecule has 0 bridgehead atoms. The Labute approximate surface area is 143 Å². The zero-order chi connectivity index (χ0) is 17.0. The molecular formula is C16H21ClN4S. The molecule has 1 aromatic carbocycles. The maximum absolute atomic E-state index is 8.56. The quantitative estimate of drug-likeness (QED) is 0.640. The second-order valence-electron chi connectivity index (χ2n) is 4.37. The van der Waals surface area contributed by atoms with E-state index in [2.05, 4.69) is 26.1 Å². The van der Waals surface area contributed by atoms with E-state index < -0.39 is 0 Å². The van der Waals surface area contributed by atoms with Gasteiger partial charge in [0.05, 0.1) is 19.6 Å². The predicted octanol–water partition coefficient (Wildman–Crippen LogP) is 2.49. The summed E-state index contributed by atoms with van der Waals surface area (Å²) in [6.07, 6.45) is 0. The summed E-state index contributed by atoms with van der Waals surface area (Å²) in [4.78, 5) is 1.68. The van der Waals surface area contributed by atoms with Crippen LogP contribution in [0.4, 0.5) is 5.69 Å². The van der Waals surface area contributed by atoms with Gasteiger partial charge in [0.1, 0.15) is 17.7 Å². The van der Waals surface area contributed by atoms with Crippen molar-refractivity contribution in [3.05, 3.63) is 39.9 Å². The first-order valence-corrected chi connectivity index (χ1v) is 7.88. The van der Waals surface area contributed by atoms with Crippen LogP contribution in [0.2, 0.25) is 5.02 Å². The summed E-state index contributed by atoms with van der Waals surface area (Å²) < 4.78 is 0. The number of rotatable bonds is 5. The lowest BCUT2D eigenvalue weighted by atomic mass is 10.3. The molecular weight excluding hydrogens is 316 g/mol. The fourth-order valence-corrected chi connectivity index (χ4v) is 1.94. The number of halogens is 1. The molecule has 0 saturated heterocycles. The molecule has 0 fully saturated rings. The first-order chi connectivity index (χ1) is 10.5. The zero-order valence-electron chi connectivity index (χ0n) is 13.1. The van der Waals surface area contributed by atoms with Gasteiger partial charge in [0.25, 0.3) is 0 Å². The van der Waals surface area contributed by atoms with Gasteiger partial charge in [0.2, 0.25) is 0 Å². The van der Waals surface area contributed by atoms with Gasteiger partial charge >= 0.3 is 0 Å². The average Bonchev–Trinajstić information content (AvgIpc) is 2.53. The summed E-state index contributed by atoms with van der Waals surface area (Å²) in [5, 5.41) is 20.6. The van der Waals surface area contributed by atoms with Crippen LogP contribution in [0.5, 0.6) is 0 Å². The minimum absolute atomic E-state index is 0.111. The Hall–Kier alpha value is -1.79. The Morgan fingerprint density at radius 1 is 1.09 bits per heavy atom. The number of quaternary nitrogens is 1. The van der Waals surface area contributed by atoms with E-state index >= 15 is 0 Å². The standard InChI is InChI=1S/C10H6ClN3S.C6H15N/c11-8-1-3-9(4-2-8)14-10(15)7(5-12)6-13;1-4-7(5-2)6-3/h1-4,14-15H;4-6H2,1-3H3. The molecule has 0 saturated carbocycles. The molecule has 0 heterocycles. The molecule has 0 spiro atoms. The van der Waals surface area contributed by atoms with Crippen LogP contribution >= 0.6 is 11.6 Å². The molecule has 0 atom stereocenters. The molecule has 0 radical (unpaired) electrons. The van der Waals surface area contributed by atoms with Gasteiger partial charge in [-0.3, -0.25) is 0 Å². The van der Waals surface area contributed by atoms with E-state index in [0.717, 1.165) is 0 Å². The fraction of sp³-hybridized carbons (Fsp3) is 0.375. The van der Waals surface area contributed by atoms with Crippen molar-refractivity contribution in [2.45, 2.75) is 20.8 Å². The first-order valence-electron chi connectivity index (χ1n) is 7.09. The van der Waals surface area contributed by atoms with E-state index in [9.17, 15) is 0 Å². The maximum atomic E-state index is 8.56. The van der Waals surface area contributed by atoms with Crippen molar-refractivity contribution in [1.82, 2.24) is 0 Å². The minimum atomic E-state index is -0.111. The first kappa shape index (κ1) is 20.2. The van der Waals surface area contributed by atoms with Crippen LogP contribution in [-0.4, -0.2) is 19.6 Å². The van der Waals surface area contributed by atoms with Crippen molar-refractivity contribution in [3.63, 3.8) is 0 Å². The lowest BCUT2D eigenvalue weighted by Gasteiger charge is -2.15. The van der Waals surface area contributed by atoms with Crippen LogP contribution in [-0.2, 0) is 12.6 Å². The Morgan fingerprint density at radius 2 is 1.55 bits per heavy atom. The van der Waals surface area contributed by atoms with Gasteiger partial charge in [0, 0.05) is 10.7 Å². The molecule has 0 unspecified atom stereocenters. The van der Waals surface area contributed by atoms with Crippen LogP contribution < -0.4 is 10.2 Å². The average molecular weight is 337 g/mol. The van der Waals surface area contributed by atoms with Crippen molar-refractivity contribution in [2.75, 3.05) is 25.0 Å². The third-order valence-electron chi connectivity index (χ3n) is 3.05. The number of nitrogens with zero attached hydrogens (tertiary/aromatic N) is 2. The third kappa shape index (κ3) is 7.85. The highest BCUT2D eigenvalue weighted by Crippen LogP contribution is 2.15. The SMILES string of the molecule is CC[NH+](CC)CC.N#CC(C#N)=C([S-])Nc1ccc(Cl)cc1. The van der Waals surface area contributed by atoms with Crippen molar-refractivity contribution >= 4 is 29.9 Å². The molecule has 0 aliphatic heterocycles. The van der Waals surface area contributed by atoms with Gasteiger partial charge in [-0.1, -0.05) is 16.6 Å². The summed E-state index contributed by atoms with van der Waals surface area (Å²) in [7, 11) is 0. The molecule has 1 aromatic rings. The summed E-state index contributed by atoms with van der Waals surface area (Å²) >= 11 is 10.6. The molecule has 118 valence electrons. The lowest BCUT2D eigenvalue weighted by molar-refractivity contribution is -0.894. The topological polar surface area (TPSA) is 64.0 Å². The van der Waals surface area contributed by atoms with Crippen LogP contribution in [0, 0.1) is 22.7 Å². The smallest absolute Gasteiger partial charge is 0.126 e. The number of hydrogen-bond donors (Lipinski definition) is 2. The highest BCUT2D eigenvalue weighted by Gasteiger charge is 1.95. The van der Waals surface area contributed by atoms with Crippen molar-refractivity contribution < 1.29 is 4.90 Å². The summed E-state index contributed by atoms with van der Waals surface area (Å²) in [5.41, 5.74) is 0.576. The number of anilines is 1. The van der Waals surface area contributed by atoms with E-state index in [0.29, 0.717) is 10.7 Å². The van der Waals surface area contributed by atoms with Crippen LogP contribution in [0.1, 0.15) is 20.8 Å². The predicted molar refractivity (Wildman–Crippen MR) is 93.3 cm³/mol. The molecule has 2 N–H and O–H groups in total. The summed E-state index contributed by atoms with van der Waals surface area (Å²) in [5.74, 6) is 0. The van der Waals surface area contributed by atoms with E-state index in [1.807, 2.05) is 0 Å². The van der Waals surface area contributed by atoms with Crippen LogP contribution in [0.25, 0.3) is 0 Å². The molecule has 6 heteroatoms. The molecule has 0 amide bonds. The van der Waals surface area contributed by atoms with Gasteiger partial charge in [-0.2, -0.15) is 10.5 Å². The molecule has 22 heavy (non-hydrogen) atoms. The highest BCUT2D eigenvalue weighted by atomic mass is 35.5. The van der Waals surface area contributed by atoms with Gasteiger partial charge < -0.3 is 22.8 Å². The lowest BCUT2D eigenvalue weighted by Crippen LogP contribution is -3.11. The monoisotopic (exact) mass is 336 g/mol. The second-order valence-corrected chi connectivity index (χ2v) is 5.21. The van der Waals surface area contributed by atoms with E-state index in [4.69, 9.17) is 34.8 Å². The Balaban J connectivity index is 0.000000534. The normalized spacial score (nSPS) is 9.05. The van der Waals surface area contributed by atoms with Gasteiger partial charge in [-0.25, -0.2) is 0 Å². The van der Waals surface area contributed by atoms with Crippen molar-refractivity contribution in [2.24, 2.45) is 0 Å². The van der Waals surface area contributed by atoms with Crippen LogP contribution in [0.3, 0.4) is 0 Å². The van der Waals surface area contributed by atoms with Crippen molar-refractivity contribution in [1.29, 1.82) is 10.5 Å². The molecule has 0 aromatic heterocycles. The Kier molecular flexibility index (Phi) is 10.9. The van der Waals surface area contributed by atoms with E-state index in [1.165, 1.54) is 19.6 Å².